The largest absolute Gasteiger partial charge is 0.444 e. The van der Waals surface area contributed by atoms with E-state index in [2.05, 4.69) is 19.0 Å². The number of rotatable bonds is 2. The van der Waals surface area contributed by atoms with Crippen LogP contribution in [0.25, 0.3) is 0 Å². The summed E-state index contributed by atoms with van der Waals surface area (Å²) in [6, 6.07) is 0. The van der Waals surface area contributed by atoms with E-state index in [9.17, 15) is 4.79 Å². The van der Waals surface area contributed by atoms with E-state index in [1.165, 1.54) is 0 Å². The molecule has 1 amide bonds. The Hall–Kier alpha value is -0.770. The minimum Gasteiger partial charge on any atom is -0.444 e. The van der Waals surface area contributed by atoms with E-state index in [1.807, 2.05) is 25.7 Å². The number of carbonyl (C=O) groups is 1. The van der Waals surface area contributed by atoms with Crippen molar-refractivity contribution in [2.75, 3.05) is 33.7 Å². The molecule has 4 nitrogen and oxygen atoms in total. The van der Waals surface area contributed by atoms with Crippen molar-refractivity contribution in [3.8, 4) is 0 Å². The summed E-state index contributed by atoms with van der Waals surface area (Å²) in [7, 11) is 4.13. The predicted octanol–water partition coefficient (Wildman–Crippen LogP) is 1.80. The SMILES string of the molecule is CN(C)C[C@@H]1CCN(C(=O)OC(C)(C)C)C1. The Labute approximate surface area is 98.5 Å². The van der Waals surface area contributed by atoms with Crippen LogP contribution in [0.3, 0.4) is 0 Å². The first-order valence-electron chi connectivity index (χ1n) is 5.90. The van der Waals surface area contributed by atoms with Gasteiger partial charge in [-0.15, -0.1) is 0 Å². The zero-order chi connectivity index (χ0) is 12.3. The summed E-state index contributed by atoms with van der Waals surface area (Å²) in [5.41, 5.74) is -0.392. The molecule has 1 aliphatic rings. The molecular formula is C12H24N2O2. The normalized spacial score (nSPS) is 21.6. The highest BCUT2D eigenvalue weighted by Crippen LogP contribution is 2.19. The Morgan fingerprint density at radius 1 is 1.44 bits per heavy atom. The first-order valence-corrected chi connectivity index (χ1v) is 5.90. The lowest BCUT2D eigenvalue weighted by Gasteiger charge is -2.24. The van der Waals surface area contributed by atoms with Crippen molar-refractivity contribution >= 4 is 6.09 Å². The van der Waals surface area contributed by atoms with E-state index in [1.54, 1.807) is 0 Å². The second kappa shape index (κ2) is 5.04. The van der Waals surface area contributed by atoms with Gasteiger partial charge in [0.2, 0.25) is 0 Å². The van der Waals surface area contributed by atoms with Crippen molar-refractivity contribution in [1.29, 1.82) is 0 Å². The van der Waals surface area contributed by atoms with E-state index < -0.39 is 5.60 Å². The lowest BCUT2D eigenvalue weighted by Crippen LogP contribution is -2.36. The number of carbonyl (C=O) groups excluding carboxylic acids is 1. The molecule has 0 radical (unpaired) electrons. The molecule has 1 rings (SSSR count). The van der Waals surface area contributed by atoms with Crippen LogP contribution in [0, 0.1) is 5.92 Å². The molecule has 0 aliphatic carbocycles. The van der Waals surface area contributed by atoms with Gasteiger partial charge in [0.15, 0.2) is 0 Å². The first kappa shape index (κ1) is 13.3. The molecule has 1 heterocycles. The molecule has 0 unspecified atom stereocenters. The maximum absolute atomic E-state index is 11.8. The minimum absolute atomic E-state index is 0.172. The zero-order valence-corrected chi connectivity index (χ0v) is 11.1. The Bertz CT molecular complexity index is 246. The summed E-state index contributed by atoms with van der Waals surface area (Å²) < 4.78 is 5.35. The summed E-state index contributed by atoms with van der Waals surface area (Å²) in [6.07, 6.45) is 0.908. The van der Waals surface area contributed by atoms with Gasteiger partial charge in [-0.1, -0.05) is 0 Å². The molecule has 0 aromatic rings. The monoisotopic (exact) mass is 228 g/mol. The summed E-state index contributed by atoms with van der Waals surface area (Å²) in [6.45, 7) is 8.40. The van der Waals surface area contributed by atoms with Gasteiger partial charge in [0, 0.05) is 19.6 Å². The summed E-state index contributed by atoms with van der Waals surface area (Å²) >= 11 is 0. The van der Waals surface area contributed by atoms with E-state index in [-0.39, 0.29) is 6.09 Å². The highest BCUT2D eigenvalue weighted by molar-refractivity contribution is 5.68. The van der Waals surface area contributed by atoms with Gasteiger partial charge in [0.05, 0.1) is 0 Å². The molecule has 0 N–H and O–H groups in total. The van der Waals surface area contributed by atoms with E-state index in [0.717, 1.165) is 26.1 Å². The predicted molar refractivity (Wildman–Crippen MR) is 64.5 cm³/mol. The highest BCUT2D eigenvalue weighted by Gasteiger charge is 2.29. The Balaban J connectivity index is 2.38. The van der Waals surface area contributed by atoms with Crippen LogP contribution in [0.1, 0.15) is 27.2 Å². The van der Waals surface area contributed by atoms with Gasteiger partial charge >= 0.3 is 6.09 Å². The third-order valence-electron chi connectivity index (χ3n) is 2.56. The van der Waals surface area contributed by atoms with Gasteiger partial charge in [-0.25, -0.2) is 4.79 Å². The fraction of sp³-hybridized carbons (Fsp3) is 0.917. The molecule has 16 heavy (non-hydrogen) atoms. The maximum Gasteiger partial charge on any atom is 0.410 e. The maximum atomic E-state index is 11.8. The fourth-order valence-corrected chi connectivity index (χ4v) is 1.99. The minimum atomic E-state index is -0.392. The van der Waals surface area contributed by atoms with Crippen LogP contribution in [-0.4, -0.2) is 55.2 Å². The zero-order valence-electron chi connectivity index (χ0n) is 11.1. The van der Waals surface area contributed by atoms with Gasteiger partial charge in [0.1, 0.15) is 5.60 Å². The van der Waals surface area contributed by atoms with E-state index in [0.29, 0.717) is 5.92 Å². The third kappa shape index (κ3) is 4.39. The van der Waals surface area contributed by atoms with Crippen LogP contribution in [0.15, 0.2) is 0 Å². The second-order valence-corrected chi connectivity index (χ2v) is 5.84. The average molecular weight is 228 g/mol. The number of hydrogen-bond donors (Lipinski definition) is 0. The quantitative estimate of drug-likeness (QED) is 0.722. The fourth-order valence-electron chi connectivity index (χ4n) is 1.99. The van der Waals surface area contributed by atoms with Gasteiger partial charge in [-0.3, -0.25) is 0 Å². The summed E-state index contributed by atoms with van der Waals surface area (Å²) in [5, 5.41) is 0. The summed E-state index contributed by atoms with van der Waals surface area (Å²) in [4.78, 5) is 15.8. The Morgan fingerprint density at radius 3 is 2.56 bits per heavy atom. The molecule has 1 saturated heterocycles. The Morgan fingerprint density at radius 2 is 2.06 bits per heavy atom. The van der Waals surface area contributed by atoms with Crippen LogP contribution in [0.4, 0.5) is 4.79 Å². The van der Waals surface area contributed by atoms with Crippen molar-refractivity contribution in [3.63, 3.8) is 0 Å². The van der Waals surface area contributed by atoms with Crippen LogP contribution < -0.4 is 0 Å². The average Bonchev–Trinajstić information content (AvgIpc) is 2.48. The number of ether oxygens (including phenoxy) is 1. The van der Waals surface area contributed by atoms with Gasteiger partial charge in [-0.05, 0) is 47.2 Å². The lowest BCUT2D eigenvalue weighted by molar-refractivity contribution is 0.0286. The molecule has 1 aliphatic heterocycles. The molecule has 94 valence electrons. The number of amides is 1. The van der Waals surface area contributed by atoms with Crippen molar-refractivity contribution in [1.82, 2.24) is 9.80 Å². The van der Waals surface area contributed by atoms with Gasteiger partial charge < -0.3 is 14.5 Å². The highest BCUT2D eigenvalue weighted by atomic mass is 16.6. The van der Waals surface area contributed by atoms with Gasteiger partial charge in [0.25, 0.3) is 0 Å². The number of hydrogen-bond acceptors (Lipinski definition) is 3. The first-order chi connectivity index (χ1) is 7.28. The lowest BCUT2D eigenvalue weighted by atomic mass is 10.1. The second-order valence-electron chi connectivity index (χ2n) is 5.84. The molecule has 0 aromatic heterocycles. The van der Waals surface area contributed by atoms with E-state index >= 15 is 0 Å². The topological polar surface area (TPSA) is 32.8 Å². The summed E-state index contributed by atoms with van der Waals surface area (Å²) in [5.74, 6) is 0.586. The molecule has 0 aromatic carbocycles. The Kier molecular flexibility index (Phi) is 4.19. The van der Waals surface area contributed by atoms with Crippen LogP contribution in [0.2, 0.25) is 0 Å². The van der Waals surface area contributed by atoms with Crippen molar-refractivity contribution in [2.45, 2.75) is 32.8 Å². The molecule has 0 spiro atoms. The van der Waals surface area contributed by atoms with Crippen molar-refractivity contribution in [3.05, 3.63) is 0 Å². The standard InChI is InChI=1S/C12H24N2O2/c1-12(2,3)16-11(15)14-7-6-10(9-14)8-13(4)5/h10H,6-9H2,1-5H3/t10-/m0/s1. The number of likely N-dealkylation sites (tertiary alicyclic amines) is 1. The molecule has 1 fully saturated rings. The molecule has 0 bridgehead atoms. The van der Waals surface area contributed by atoms with E-state index in [4.69, 9.17) is 4.74 Å². The molecule has 0 saturated carbocycles. The number of nitrogens with zero attached hydrogens (tertiary/aromatic N) is 2. The van der Waals surface area contributed by atoms with Crippen molar-refractivity contribution < 1.29 is 9.53 Å². The van der Waals surface area contributed by atoms with Crippen LogP contribution in [-0.2, 0) is 4.74 Å². The molecule has 4 heteroatoms. The molecular weight excluding hydrogens is 204 g/mol. The smallest absolute Gasteiger partial charge is 0.410 e. The third-order valence-corrected chi connectivity index (χ3v) is 2.56. The van der Waals surface area contributed by atoms with Crippen LogP contribution in [0.5, 0.6) is 0 Å². The van der Waals surface area contributed by atoms with Gasteiger partial charge in [-0.2, -0.15) is 0 Å². The molecule has 1 atom stereocenters. The van der Waals surface area contributed by atoms with Crippen molar-refractivity contribution in [2.24, 2.45) is 5.92 Å². The van der Waals surface area contributed by atoms with Crippen LogP contribution >= 0.6 is 0 Å².